The highest BCUT2D eigenvalue weighted by Crippen LogP contribution is 2.40. The predicted octanol–water partition coefficient (Wildman–Crippen LogP) is 5.16. The summed E-state index contributed by atoms with van der Waals surface area (Å²) in [5.74, 6) is 0.0905. The molecule has 1 atom stereocenters. The molecule has 1 aliphatic carbocycles. The third kappa shape index (κ3) is 5.95. The summed E-state index contributed by atoms with van der Waals surface area (Å²) in [6, 6.07) is 0. The molecule has 0 radical (unpaired) electrons. The Kier molecular flexibility index (Phi) is 7.70. The second-order valence-electron chi connectivity index (χ2n) is 7.37. The van der Waals surface area contributed by atoms with Crippen molar-refractivity contribution < 1.29 is 9.90 Å². The molecular weight excluding hydrogens is 284 g/mol. The van der Waals surface area contributed by atoms with E-state index in [1.54, 1.807) is 0 Å². The lowest BCUT2D eigenvalue weighted by Crippen LogP contribution is -2.19. The quantitative estimate of drug-likeness (QED) is 0.400. The van der Waals surface area contributed by atoms with Crippen molar-refractivity contribution in [3.63, 3.8) is 0 Å². The van der Waals surface area contributed by atoms with E-state index in [1.807, 2.05) is 19.1 Å². The summed E-state index contributed by atoms with van der Waals surface area (Å²) in [7, 11) is 0. The Hall–Kier alpha value is -1.41. The second kappa shape index (κ2) is 9.02. The maximum atomic E-state index is 11.2. The summed E-state index contributed by atoms with van der Waals surface area (Å²) < 4.78 is 0. The number of carbonyl (C=O) groups is 1. The van der Waals surface area contributed by atoms with E-state index in [4.69, 9.17) is 5.11 Å². The molecule has 0 saturated carbocycles. The topological polar surface area (TPSA) is 37.3 Å². The molecule has 23 heavy (non-hydrogen) atoms. The molecule has 1 unspecified atom stereocenters. The van der Waals surface area contributed by atoms with Gasteiger partial charge in [-0.05, 0) is 62.0 Å². The Morgan fingerprint density at radius 2 is 2.04 bits per heavy atom. The molecule has 0 aromatic heterocycles. The number of aliphatic hydroxyl groups excluding tert-OH is 1. The highest BCUT2D eigenvalue weighted by Gasteiger charge is 2.26. The van der Waals surface area contributed by atoms with Crippen molar-refractivity contribution >= 4 is 6.29 Å². The minimum atomic E-state index is 0.0905. The summed E-state index contributed by atoms with van der Waals surface area (Å²) in [5.41, 5.74) is 5.05. The largest absolute Gasteiger partial charge is 0.396 e. The van der Waals surface area contributed by atoms with Crippen molar-refractivity contribution in [2.24, 2.45) is 11.3 Å². The molecule has 0 aromatic carbocycles. The minimum Gasteiger partial charge on any atom is -0.396 e. The minimum absolute atomic E-state index is 0.0905. The van der Waals surface area contributed by atoms with Crippen molar-refractivity contribution in [1.29, 1.82) is 0 Å². The number of hydrogen-bond acceptors (Lipinski definition) is 2. The van der Waals surface area contributed by atoms with Gasteiger partial charge in [0.15, 0.2) is 0 Å². The molecule has 1 N–H and O–H groups in total. The zero-order valence-electron chi connectivity index (χ0n) is 15.4. The molecule has 1 rings (SSSR count). The average Bonchev–Trinajstić information content (AvgIpc) is 2.47. The van der Waals surface area contributed by atoms with Gasteiger partial charge in [-0.3, -0.25) is 4.79 Å². The lowest BCUT2D eigenvalue weighted by atomic mass is 9.72. The molecule has 1 aliphatic rings. The van der Waals surface area contributed by atoms with Crippen LogP contribution in [0, 0.1) is 11.3 Å². The molecule has 0 spiro atoms. The van der Waals surface area contributed by atoms with Crippen LogP contribution in [0.2, 0.25) is 0 Å². The van der Waals surface area contributed by atoms with Crippen LogP contribution in [0.1, 0.15) is 60.3 Å². The van der Waals surface area contributed by atoms with Gasteiger partial charge in [0.05, 0.1) is 0 Å². The molecular formula is C21H32O2. The fourth-order valence-corrected chi connectivity index (χ4v) is 3.19. The molecule has 0 aliphatic heterocycles. The molecule has 0 saturated heterocycles. The van der Waals surface area contributed by atoms with Crippen LogP contribution in [0.4, 0.5) is 0 Å². The van der Waals surface area contributed by atoms with Gasteiger partial charge in [0.2, 0.25) is 0 Å². The Balaban J connectivity index is 2.89. The summed E-state index contributed by atoms with van der Waals surface area (Å²) in [6.07, 6.45) is 13.5. The van der Waals surface area contributed by atoms with Crippen molar-refractivity contribution in [1.82, 2.24) is 0 Å². The summed E-state index contributed by atoms with van der Waals surface area (Å²) in [6.45, 7) is 11.0. The van der Waals surface area contributed by atoms with E-state index in [0.717, 1.165) is 17.4 Å². The van der Waals surface area contributed by atoms with Gasteiger partial charge in [-0.1, -0.05) is 56.2 Å². The molecule has 0 fully saturated rings. The van der Waals surface area contributed by atoms with Crippen LogP contribution in [-0.4, -0.2) is 18.0 Å². The SMILES string of the molecule is CC1=C(/C=C/C(C)=C/C=C(\C=O)C(C)CCO)C(C)(C)CCC1. The first-order chi connectivity index (χ1) is 10.8. The van der Waals surface area contributed by atoms with E-state index in [-0.39, 0.29) is 17.9 Å². The lowest BCUT2D eigenvalue weighted by Gasteiger charge is -2.32. The van der Waals surface area contributed by atoms with E-state index in [1.165, 1.54) is 30.4 Å². The molecule has 0 heterocycles. The van der Waals surface area contributed by atoms with Gasteiger partial charge in [-0.2, -0.15) is 0 Å². The van der Waals surface area contributed by atoms with E-state index >= 15 is 0 Å². The van der Waals surface area contributed by atoms with Crippen LogP contribution in [-0.2, 0) is 4.79 Å². The molecule has 0 amide bonds. The van der Waals surface area contributed by atoms with Gasteiger partial charge >= 0.3 is 0 Å². The first-order valence-corrected chi connectivity index (χ1v) is 8.64. The van der Waals surface area contributed by atoms with Gasteiger partial charge < -0.3 is 5.11 Å². The monoisotopic (exact) mass is 316 g/mol. The fraction of sp³-hybridized carbons (Fsp3) is 0.571. The van der Waals surface area contributed by atoms with Gasteiger partial charge in [0.1, 0.15) is 6.29 Å². The number of aliphatic hydroxyl groups is 1. The van der Waals surface area contributed by atoms with Crippen LogP contribution >= 0.6 is 0 Å². The number of hydrogen-bond donors (Lipinski definition) is 1. The molecule has 2 heteroatoms. The van der Waals surface area contributed by atoms with Gasteiger partial charge in [-0.25, -0.2) is 0 Å². The zero-order valence-corrected chi connectivity index (χ0v) is 15.4. The Morgan fingerprint density at radius 1 is 1.35 bits per heavy atom. The third-order valence-electron chi connectivity index (χ3n) is 4.86. The molecule has 0 aromatic rings. The van der Waals surface area contributed by atoms with Crippen molar-refractivity contribution in [2.45, 2.75) is 60.3 Å². The predicted molar refractivity (Wildman–Crippen MR) is 98.2 cm³/mol. The summed E-state index contributed by atoms with van der Waals surface area (Å²) >= 11 is 0. The third-order valence-corrected chi connectivity index (χ3v) is 4.86. The number of carbonyl (C=O) groups excluding carboxylic acids is 1. The second-order valence-corrected chi connectivity index (χ2v) is 7.37. The van der Waals surface area contributed by atoms with E-state index in [0.29, 0.717) is 6.42 Å². The van der Waals surface area contributed by atoms with Crippen molar-refractivity contribution in [3.8, 4) is 0 Å². The Labute approximate surface area is 141 Å². The van der Waals surface area contributed by atoms with Crippen LogP contribution in [0.15, 0.2) is 46.6 Å². The van der Waals surface area contributed by atoms with Gasteiger partial charge in [0.25, 0.3) is 0 Å². The van der Waals surface area contributed by atoms with Crippen LogP contribution in [0.3, 0.4) is 0 Å². The van der Waals surface area contributed by atoms with Gasteiger partial charge in [-0.15, -0.1) is 0 Å². The Bertz CT molecular complexity index is 530. The van der Waals surface area contributed by atoms with Crippen LogP contribution < -0.4 is 0 Å². The smallest absolute Gasteiger partial charge is 0.146 e. The summed E-state index contributed by atoms with van der Waals surface area (Å²) in [4.78, 5) is 11.2. The van der Waals surface area contributed by atoms with Crippen LogP contribution in [0.5, 0.6) is 0 Å². The fourth-order valence-electron chi connectivity index (χ4n) is 3.19. The first-order valence-electron chi connectivity index (χ1n) is 8.64. The first kappa shape index (κ1) is 19.6. The zero-order chi connectivity index (χ0) is 17.5. The van der Waals surface area contributed by atoms with Crippen LogP contribution in [0.25, 0.3) is 0 Å². The lowest BCUT2D eigenvalue weighted by molar-refractivity contribution is -0.105. The molecule has 128 valence electrons. The maximum absolute atomic E-state index is 11.2. The van der Waals surface area contributed by atoms with E-state index in [9.17, 15) is 4.79 Å². The van der Waals surface area contributed by atoms with E-state index < -0.39 is 0 Å². The maximum Gasteiger partial charge on any atom is 0.146 e. The molecule has 0 bridgehead atoms. The number of allylic oxidation sites excluding steroid dienone is 8. The Morgan fingerprint density at radius 3 is 2.61 bits per heavy atom. The highest BCUT2D eigenvalue weighted by atomic mass is 16.3. The average molecular weight is 316 g/mol. The number of rotatable bonds is 7. The number of aldehydes is 1. The molecule has 2 nitrogen and oxygen atoms in total. The van der Waals surface area contributed by atoms with Crippen molar-refractivity contribution in [2.75, 3.05) is 6.61 Å². The standard InChI is InChI=1S/C21H32O2/c1-16(8-10-19(15-23)17(2)12-14-22)9-11-20-18(3)7-6-13-21(20,4)5/h8-11,15,17,22H,6-7,12-14H2,1-5H3/b11-9+,16-8+,19-10+. The highest BCUT2D eigenvalue weighted by molar-refractivity contribution is 5.74. The van der Waals surface area contributed by atoms with Gasteiger partial charge in [0, 0.05) is 6.61 Å². The normalized spacial score (nSPS) is 21.0. The van der Waals surface area contributed by atoms with Crippen molar-refractivity contribution in [3.05, 3.63) is 46.6 Å². The van der Waals surface area contributed by atoms with E-state index in [2.05, 4.69) is 39.8 Å². The summed E-state index contributed by atoms with van der Waals surface area (Å²) in [5, 5.41) is 8.99.